The normalized spacial score (nSPS) is 11.9. The molecule has 0 amide bonds. The molecule has 4 heteroatoms. The zero-order valence-corrected chi connectivity index (χ0v) is 13.3. The number of rotatable bonds is 12. The van der Waals surface area contributed by atoms with Crippen molar-refractivity contribution in [2.24, 2.45) is 0 Å². The second-order valence-electron chi connectivity index (χ2n) is 5.09. The molecule has 0 spiro atoms. The summed E-state index contributed by atoms with van der Waals surface area (Å²) in [5.74, 6) is -0.599. The average Bonchev–Trinajstić information content (AvgIpc) is 2.45. The standard InChI is InChI=1S/C16H30O4/c1-4-7-9-13-19-15(17)11-12-16(18)20-14(6-3)10-8-5-2/h14H,4-13H2,1-3H3. The van der Waals surface area contributed by atoms with Gasteiger partial charge in [0.05, 0.1) is 19.4 Å². The fraction of sp³-hybridized carbons (Fsp3) is 0.875. The van der Waals surface area contributed by atoms with Crippen molar-refractivity contribution in [2.75, 3.05) is 6.61 Å². The maximum Gasteiger partial charge on any atom is 0.306 e. The van der Waals surface area contributed by atoms with E-state index in [2.05, 4.69) is 13.8 Å². The Morgan fingerprint density at radius 1 is 0.900 bits per heavy atom. The van der Waals surface area contributed by atoms with Crippen molar-refractivity contribution in [2.45, 2.75) is 84.7 Å². The molecular formula is C16H30O4. The van der Waals surface area contributed by atoms with Gasteiger partial charge in [0.25, 0.3) is 0 Å². The van der Waals surface area contributed by atoms with Gasteiger partial charge in [0.1, 0.15) is 6.10 Å². The number of esters is 2. The van der Waals surface area contributed by atoms with Gasteiger partial charge in [-0.2, -0.15) is 0 Å². The van der Waals surface area contributed by atoms with Crippen LogP contribution < -0.4 is 0 Å². The minimum Gasteiger partial charge on any atom is -0.466 e. The Morgan fingerprint density at radius 3 is 2.15 bits per heavy atom. The van der Waals surface area contributed by atoms with E-state index in [0.717, 1.165) is 44.9 Å². The van der Waals surface area contributed by atoms with Crippen LogP contribution in [0.2, 0.25) is 0 Å². The van der Waals surface area contributed by atoms with Crippen molar-refractivity contribution in [1.29, 1.82) is 0 Å². The van der Waals surface area contributed by atoms with Crippen molar-refractivity contribution in [1.82, 2.24) is 0 Å². The molecule has 0 aliphatic heterocycles. The molecule has 0 aromatic rings. The monoisotopic (exact) mass is 286 g/mol. The highest BCUT2D eigenvalue weighted by molar-refractivity contribution is 5.77. The van der Waals surface area contributed by atoms with Crippen molar-refractivity contribution in [3.05, 3.63) is 0 Å². The minimum atomic E-state index is -0.306. The molecule has 0 bridgehead atoms. The first kappa shape index (κ1) is 18.9. The highest BCUT2D eigenvalue weighted by Crippen LogP contribution is 2.10. The number of carbonyl (C=O) groups excluding carboxylic acids is 2. The fourth-order valence-corrected chi connectivity index (χ4v) is 1.84. The molecule has 0 saturated heterocycles. The van der Waals surface area contributed by atoms with Crippen LogP contribution in [0.1, 0.15) is 78.6 Å². The third kappa shape index (κ3) is 10.8. The Hall–Kier alpha value is -1.06. The summed E-state index contributed by atoms with van der Waals surface area (Å²) >= 11 is 0. The molecule has 20 heavy (non-hydrogen) atoms. The first-order valence-corrected chi connectivity index (χ1v) is 7.99. The molecule has 0 aliphatic carbocycles. The number of ether oxygens (including phenoxy) is 2. The summed E-state index contributed by atoms with van der Waals surface area (Å²) in [6, 6.07) is 0. The van der Waals surface area contributed by atoms with Gasteiger partial charge in [-0.15, -0.1) is 0 Å². The second kappa shape index (κ2) is 12.9. The van der Waals surface area contributed by atoms with Crippen LogP contribution in [0.25, 0.3) is 0 Å². The molecule has 4 nitrogen and oxygen atoms in total. The number of hydrogen-bond donors (Lipinski definition) is 0. The van der Waals surface area contributed by atoms with Gasteiger partial charge in [0.15, 0.2) is 0 Å². The zero-order valence-electron chi connectivity index (χ0n) is 13.3. The summed E-state index contributed by atoms with van der Waals surface area (Å²) in [5.41, 5.74) is 0. The van der Waals surface area contributed by atoms with E-state index < -0.39 is 0 Å². The van der Waals surface area contributed by atoms with E-state index in [1.165, 1.54) is 0 Å². The molecule has 0 saturated carbocycles. The van der Waals surface area contributed by atoms with Gasteiger partial charge in [-0.3, -0.25) is 9.59 Å². The summed E-state index contributed by atoms with van der Waals surface area (Å²) in [7, 11) is 0. The molecule has 0 N–H and O–H groups in total. The lowest BCUT2D eigenvalue weighted by Crippen LogP contribution is -2.18. The molecule has 0 fully saturated rings. The molecule has 1 unspecified atom stereocenters. The predicted molar refractivity (Wildman–Crippen MR) is 79.4 cm³/mol. The summed E-state index contributed by atoms with van der Waals surface area (Å²) < 4.78 is 10.4. The van der Waals surface area contributed by atoms with Gasteiger partial charge < -0.3 is 9.47 Å². The SMILES string of the molecule is CCCCCOC(=O)CCC(=O)OC(CC)CCCC. The van der Waals surface area contributed by atoms with Crippen LogP contribution in [0.4, 0.5) is 0 Å². The van der Waals surface area contributed by atoms with Gasteiger partial charge in [-0.1, -0.05) is 46.5 Å². The number of hydrogen-bond acceptors (Lipinski definition) is 4. The topological polar surface area (TPSA) is 52.6 Å². The van der Waals surface area contributed by atoms with Crippen LogP contribution in [0.3, 0.4) is 0 Å². The molecule has 0 heterocycles. The van der Waals surface area contributed by atoms with Crippen LogP contribution in [-0.2, 0) is 19.1 Å². The quantitative estimate of drug-likeness (QED) is 0.402. The molecule has 118 valence electrons. The predicted octanol–water partition coefficient (Wildman–Crippen LogP) is 4.01. The van der Waals surface area contributed by atoms with Crippen molar-refractivity contribution < 1.29 is 19.1 Å². The maximum absolute atomic E-state index is 11.6. The summed E-state index contributed by atoms with van der Waals surface area (Å²) in [5, 5.41) is 0. The second-order valence-corrected chi connectivity index (χ2v) is 5.09. The lowest BCUT2D eigenvalue weighted by Gasteiger charge is -2.15. The van der Waals surface area contributed by atoms with Gasteiger partial charge >= 0.3 is 11.9 Å². The van der Waals surface area contributed by atoms with Crippen molar-refractivity contribution in [3.8, 4) is 0 Å². The van der Waals surface area contributed by atoms with E-state index in [-0.39, 0.29) is 30.9 Å². The highest BCUT2D eigenvalue weighted by Gasteiger charge is 2.14. The minimum absolute atomic E-state index is 0.0111. The van der Waals surface area contributed by atoms with Crippen LogP contribution in [0, 0.1) is 0 Å². The van der Waals surface area contributed by atoms with E-state index in [1.54, 1.807) is 0 Å². The molecule has 0 aromatic heterocycles. The van der Waals surface area contributed by atoms with Crippen molar-refractivity contribution >= 4 is 11.9 Å². The van der Waals surface area contributed by atoms with Crippen LogP contribution >= 0.6 is 0 Å². The Bertz CT molecular complexity index is 263. The summed E-state index contributed by atoms with van der Waals surface area (Å²) in [6.45, 7) is 6.68. The Labute approximate surface area is 123 Å². The molecule has 0 rings (SSSR count). The van der Waals surface area contributed by atoms with E-state index in [0.29, 0.717) is 6.61 Å². The van der Waals surface area contributed by atoms with E-state index in [1.807, 2.05) is 6.92 Å². The molecule has 0 radical (unpaired) electrons. The number of carbonyl (C=O) groups is 2. The Morgan fingerprint density at radius 2 is 1.55 bits per heavy atom. The van der Waals surface area contributed by atoms with Crippen molar-refractivity contribution in [3.63, 3.8) is 0 Å². The fourth-order valence-electron chi connectivity index (χ4n) is 1.84. The third-order valence-electron chi connectivity index (χ3n) is 3.18. The zero-order chi connectivity index (χ0) is 15.2. The summed E-state index contributed by atoms with van der Waals surface area (Å²) in [4.78, 5) is 23.0. The van der Waals surface area contributed by atoms with Crippen LogP contribution in [0.5, 0.6) is 0 Å². The molecular weight excluding hydrogens is 256 g/mol. The molecule has 1 atom stereocenters. The lowest BCUT2D eigenvalue weighted by atomic mass is 10.1. The van der Waals surface area contributed by atoms with Gasteiger partial charge in [0, 0.05) is 0 Å². The lowest BCUT2D eigenvalue weighted by molar-refractivity contribution is -0.154. The average molecular weight is 286 g/mol. The molecule has 0 aliphatic rings. The summed E-state index contributed by atoms with van der Waals surface area (Å²) in [6.07, 6.45) is 7.16. The smallest absolute Gasteiger partial charge is 0.306 e. The van der Waals surface area contributed by atoms with E-state index >= 15 is 0 Å². The van der Waals surface area contributed by atoms with Gasteiger partial charge in [0.2, 0.25) is 0 Å². The maximum atomic E-state index is 11.6. The van der Waals surface area contributed by atoms with Crippen LogP contribution in [-0.4, -0.2) is 24.6 Å². The van der Waals surface area contributed by atoms with Crippen LogP contribution in [0.15, 0.2) is 0 Å². The first-order chi connectivity index (χ1) is 9.63. The molecule has 0 aromatic carbocycles. The highest BCUT2D eigenvalue weighted by atomic mass is 16.5. The van der Waals surface area contributed by atoms with E-state index in [9.17, 15) is 9.59 Å². The van der Waals surface area contributed by atoms with Gasteiger partial charge in [-0.05, 0) is 19.3 Å². The Balaban J connectivity index is 3.71. The number of unbranched alkanes of at least 4 members (excludes halogenated alkanes) is 3. The Kier molecular flexibility index (Phi) is 12.3. The largest absolute Gasteiger partial charge is 0.466 e. The third-order valence-corrected chi connectivity index (χ3v) is 3.18. The first-order valence-electron chi connectivity index (χ1n) is 7.99. The van der Waals surface area contributed by atoms with Gasteiger partial charge in [-0.25, -0.2) is 0 Å². The van der Waals surface area contributed by atoms with E-state index in [4.69, 9.17) is 9.47 Å².